The minimum atomic E-state index is -0.129. The van der Waals surface area contributed by atoms with Gasteiger partial charge in [-0.3, -0.25) is 0 Å². The highest BCUT2D eigenvalue weighted by molar-refractivity contribution is 5.89. The normalized spacial score (nSPS) is 16.7. The Kier molecular flexibility index (Phi) is 7.48. The maximum Gasteiger partial charge on any atom is 0.319 e. The molecule has 35 heavy (non-hydrogen) atoms. The standard InChI is InChI=1S/C31H37N3O/c35-30(33-28-15-13-26(14-16-28)25-9-3-1-4-10-25)32-21-7-2-8-22-34-23-19-31(20-24-34)18-17-27-11-5-6-12-29(27)31/h1,3-6,9-16H,2,7-8,17-24H2,(H2,32,33,35). The summed E-state index contributed by atoms with van der Waals surface area (Å²) < 4.78 is 0. The van der Waals surface area contributed by atoms with Gasteiger partial charge in [-0.15, -0.1) is 0 Å². The van der Waals surface area contributed by atoms with Gasteiger partial charge in [-0.1, -0.05) is 73.2 Å². The van der Waals surface area contributed by atoms with Crippen LogP contribution in [-0.4, -0.2) is 37.1 Å². The SMILES string of the molecule is O=C(NCCCCCN1CCC2(CCc3ccccc32)CC1)Nc1ccc(-c2ccccc2)cc1. The molecular weight excluding hydrogens is 430 g/mol. The number of unbranched alkanes of at least 4 members (excludes halogenated alkanes) is 2. The summed E-state index contributed by atoms with van der Waals surface area (Å²) in [5.41, 5.74) is 6.81. The van der Waals surface area contributed by atoms with E-state index in [1.807, 2.05) is 42.5 Å². The molecule has 2 aliphatic rings. The number of carbonyl (C=O) groups excluding carboxylic acids is 1. The van der Waals surface area contributed by atoms with Crippen LogP contribution in [0.15, 0.2) is 78.9 Å². The summed E-state index contributed by atoms with van der Waals surface area (Å²) in [4.78, 5) is 14.9. The van der Waals surface area contributed by atoms with Gasteiger partial charge in [0.05, 0.1) is 0 Å². The lowest BCUT2D eigenvalue weighted by Crippen LogP contribution is -2.41. The van der Waals surface area contributed by atoms with Crippen LogP contribution in [0.1, 0.15) is 49.7 Å². The average Bonchev–Trinajstić information content (AvgIpc) is 3.26. The van der Waals surface area contributed by atoms with Crippen LogP contribution in [0.4, 0.5) is 10.5 Å². The minimum absolute atomic E-state index is 0.129. The Morgan fingerprint density at radius 3 is 2.29 bits per heavy atom. The number of aryl methyl sites for hydroxylation is 1. The Morgan fingerprint density at radius 2 is 1.49 bits per heavy atom. The third-order valence-electron chi connectivity index (χ3n) is 7.96. The number of amides is 2. The summed E-state index contributed by atoms with van der Waals surface area (Å²) in [6, 6.07) is 27.2. The molecule has 4 heteroatoms. The van der Waals surface area contributed by atoms with Crippen molar-refractivity contribution < 1.29 is 4.79 Å². The van der Waals surface area contributed by atoms with Crippen molar-refractivity contribution in [3.8, 4) is 11.1 Å². The number of fused-ring (bicyclic) bond motifs is 2. The van der Waals surface area contributed by atoms with Crippen molar-refractivity contribution in [1.82, 2.24) is 10.2 Å². The lowest BCUT2D eigenvalue weighted by molar-refractivity contribution is 0.156. The highest BCUT2D eigenvalue weighted by atomic mass is 16.2. The van der Waals surface area contributed by atoms with E-state index in [1.165, 1.54) is 57.3 Å². The number of anilines is 1. The van der Waals surface area contributed by atoms with Gasteiger partial charge in [-0.2, -0.15) is 0 Å². The summed E-state index contributed by atoms with van der Waals surface area (Å²) in [7, 11) is 0. The molecule has 1 spiro atoms. The Balaban J connectivity index is 0.953. The molecule has 0 atom stereocenters. The van der Waals surface area contributed by atoms with Crippen LogP contribution >= 0.6 is 0 Å². The van der Waals surface area contributed by atoms with Crippen molar-refractivity contribution in [3.05, 3.63) is 90.0 Å². The molecule has 1 aliphatic heterocycles. The molecule has 1 fully saturated rings. The van der Waals surface area contributed by atoms with Crippen LogP contribution in [0.5, 0.6) is 0 Å². The zero-order valence-electron chi connectivity index (χ0n) is 20.6. The summed E-state index contributed by atoms with van der Waals surface area (Å²) >= 11 is 0. The third-order valence-corrected chi connectivity index (χ3v) is 7.96. The van der Waals surface area contributed by atoms with E-state index in [9.17, 15) is 4.79 Å². The number of hydrogen-bond acceptors (Lipinski definition) is 2. The Labute approximate surface area is 209 Å². The van der Waals surface area contributed by atoms with Crippen molar-refractivity contribution >= 4 is 11.7 Å². The maximum atomic E-state index is 12.2. The van der Waals surface area contributed by atoms with Gasteiger partial charge in [0.2, 0.25) is 0 Å². The number of hydrogen-bond donors (Lipinski definition) is 2. The number of piperidine rings is 1. The summed E-state index contributed by atoms with van der Waals surface area (Å²) in [5, 5.41) is 5.93. The number of nitrogens with one attached hydrogen (secondary N) is 2. The molecule has 1 heterocycles. The van der Waals surface area contributed by atoms with Crippen molar-refractivity contribution in [1.29, 1.82) is 0 Å². The first-order valence-corrected chi connectivity index (χ1v) is 13.2. The van der Waals surface area contributed by atoms with Gasteiger partial charge in [-0.25, -0.2) is 4.79 Å². The first-order chi connectivity index (χ1) is 17.2. The molecule has 2 amide bonds. The number of likely N-dealkylation sites (tertiary alicyclic amines) is 1. The molecule has 5 rings (SSSR count). The highest BCUT2D eigenvalue weighted by Gasteiger charge is 2.40. The second-order valence-electron chi connectivity index (χ2n) is 10.2. The third kappa shape index (κ3) is 5.76. The summed E-state index contributed by atoms with van der Waals surface area (Å²) in [6.45, 7) is 4.33. The fourth-order valence-corrected chi connectivity index (χ4v) is 5.88. The lowest BCUT2D eigenvalue weighted by atomic mass is 9.74. The number of nitrogens with zero attached hydrogens (tertiary/aromatic N) is 1. The average molecular weight is 468 g/mol. The molecule has 0 aromatic heterocycles. The molecule has 0 saturated carbocycles. The number of carbonyl (C=O) groups is 1. The fourth-order valence-electron chi connectivity index (χ4n) is 5.88. The smallest absolute Gasteiger partial charge is 0.319 e. The van der Waals surface area contributed by atoms with E-state index in [4.69, 9.17) is 0 Å². The van der Waals surface area contributed by atoms with Gasteiger partial charge >= 0.3 is 6.03 Å². The minimum Gasteiger partial charge on any atom is -0.338 e. The molecule has 0 radical (unpaired) electrons. The maximum absolute atomic E-state index is 12.2. The first-order valence-electron chi connectivity index (χ1n) is 13.2. The van der Waals surface area contributed by atoms with E-state index in [0.29, 0.717) is 12.0 Å². The van der Waals surface area contributed by atoms with E-state index < -0.39 is 0 Å². The van der Waals surface area contributed by atoms with Gasteiger partial charge in [-0.05, 0) is 98.0 Å². The van der Waals surface area contributed by atoms with Gasteiger partial charge in [0.15, 0.2) is 0 Å². The second-order valence-corrected chi connectivity index (χ2v) is 10.2. The number of benzene rings is 3. The topological polar surface area (TPSA) is 44.4 Å². The van der Waals surface area contributed by atoms with Crippen molar-refractivity contribution in [3.63, 3.8) is 0 Å². The molecule has 182 valence electrons. The predicted octanol–water partition coefficient (Wildman–Crippen LogP) is 6.63. The molecular formula is C31H37N3O. The van der Waals surface area contributed by atoms with E-state index in [2.05, 4.69) is 51.9 Å². The second kappa shape index (κ2) is 11.1. The quantitative estimate of drug-likeness (QED) is 0.365. The van der Waals surface area contributed by atoms with E-state index in [0.717, 1.165) is 24.1 Å². The van der Waals surface area contributed by atoms with E-state index >= 15 is 0 Å². The van der Waals surface area contributed by atoms with Crippen LogP contribution in [0.3, 0.4) is 0 Å². The number of rotatable bonds is 8. The largest absolute Gasteiger partial charge is 0.338 e. The van der Waals surface area contributed by atoms with Gasteiger partial charge in [0.25, 0.3) is 0 Å². The summed E-state index contributed by atoms with van der Waals surface area (Å²) in [6.07, 6.45) is 8.58. The first kappa shape index (κ1) is 23.6. The molecule has 3 aromatic rings. The molecule has 2 N–H and O–H groups in total. The van der Waals surface area contributed by atoms with Gasteiger partial charge in [0, 0.05) is 12.2 Å². The fraction of sp³-hybridized carbons (Fsp3) is 0.387. The van der Waals surface area contributed by atoms with Crippen molar-refractivity contribution in [2.75, 3.05) is 31.5 Å². The van der Waals surface area contributed by atoms with Crippen molar-refractivity contribution in [2.24, 2.45) is 0 Å². The molecule has 3 aromatic carbocycles. The monoisotopic (exact) mass is 467 g/mol. The van der Waals surface area contributed by atoms with Gasteiger partial charge < -0.3 is 15.5 Å². The Hall–Kier alpha value is -3.11. The molecule has 0 unspecified atom stereocenters. The molecule has 1 aliphatic carbocycles. The summed E-state index contributed by atoms with van der Waals surface area (Å²) in [5.74, 6) is 0. The van der Waals surface area contributed by atoms with Crippen molar-refractivity contribution in [2.45, 2.75) is 50.4 Å². The van der Waals surface area contributed by atoms with Crippen LogP contribution in [-0.2, 0) is 11.8 Å². The van der Waals surface area contributed by atoms with Crippen LogP contribution < -0.4 is 10.6 Å². The molecule has 4 nitrogen and oxygen atoms in total. The van der Waals surface area contributed by atoms with E-state index in [1.54, 1.807) is 11.1 Å². The zero-order valence-corrected chi connectivity index (χ0v) is 20.6. The van der Waals surface area contributed by atoms with Crippen LogP contribution in [0, 0.1) is 0 Å². The predicted molar refractivity (Wildman–Crippen MR) is 145 cm³/mol. The van der Waals surface area contributed by atoms with Crippen LogP contribution in [0.25, 0.3) is 11.1 Å². The van der Waals surface area contributed by atoms with Crippen LogP contribution in [0.2, 0.25) is 0 Å². The Bertz CT molecular complexity index is 1100. The Morgan fingerprint density at radius 1 is 0.771 bits per heavy atom. The highest BCUT2D eigenvalue weighted by Crippen LogP contribution is 2.46. The number of urea groups is 1. The molecule has 1 saturated heterocycles. The van der Waals surface area contributed by atoms with E-state index in [-0.39, 0.29) is 6.03 Å². The lowest BCUT2D eigenvalue weighted by Gasteiger charge is -2.40. The van der Waals surface area contributed by atoms with Gasteiger partial charge in [0.1, 0.15) is 0 Å². The molecule has 0 bridgehead atoms. The zero-order chi connectivity index (χ0) is 23.9.